The van der Waals surface area contributed by atoms with Crippen molar-refractivity contribution < 1.29 is 14.7 Å². The predicted octanol–water partition coefficient (Wildman–Crippen LogP) is 1.45. The molecule has 0 bridgehead atoms. The molecule has 1 aliphatic rings. The minimum atomic E-state index is -0.966. The zero-order valence-corrected chi connectivity index (χ0v) is 12.0. The van der Waals surface area contributed by atoms with Gasteiger partial charge in [0.05, 0.1) is 11.3 Å². The highest BCUT2D eigenvalue weighted by Gasteiger charge is 2.30. The summed E-state index contributed by atoms with van der Waals surface area (Å²) in [5.74, 6) is -1.17. The number of carbonyl (C=O) groups excluding carboxylic acids is 1. The Bertz CT molecular complexity index is 504. The number of carboxylic acid groups (broad SMARTS) is 1. The fraction of sp³-hybridized carbons (Fsp3) is 0.643. The van der Waals surface area contributed by atoms with Crippen LogP contribution in [0.25, 0.3) is 0 Å². The summed E-state index contributed by atoms with van der Waals surface area (Å²) in [6, 6.07) is 0.0449. The molecule has 110 valence electrons. The molecule has 1 heterocycles. The summed E-state index contributed by atoms with van der Waals surface area (Å²) in [6.07, 6.45) is 6.24. The van der Waals surface area contributed by atoms with Crippen LogP contribution in [0.1, 0.15) is 48.7 Å². The van der Waals surface area contributed by atoms with Gasteiger partial charge in [0.25, 0.3) is 5.91 Å². The highest BCUT2D eigenvalue weighted by Crippen LogP contribution is 2.25. The summed E-state index contributed by atoms with van der Waals surface area (Å²) in [5.41, 5.74) is 1.26. The maximum atomic E-state index is 12.7. The summed E-state index contributed by atoms with van der Waals surface area (Å²) in [5, 5.41) is 13.3. The van der Waals surface area contributed by atoms with Gasteiger partial charge in [-0.25, -0.2) is 0 Å². The first-order valence-electron chi connectivity index (χ1n) is 7.08. The second-order valence-corrected chi connectivity index (χ2v) is 5.28. The number of rotatable bonds is 5. The van der Waals surface area contributed by atoms with Crippen molar-refractivity contribution in [2.75, 3.05) is 6.54 Å². The number of aryl methyl sites for hydroxylation is 2. The molecular weight excluding hydrogens is 258 g/mol. The molecule has 0 unspecified atom stereocenters. The summed E-state index contributed by atoms with van der Waals surface area (Å²) in [4.78, 5) is 25.2. The average Bonchev–Trinajstić information content (AvgIpc) is 3.03. The van der Waals surface area contributed by atoms with E-state index in [0.717, 1.165) is 31.4 Å². The van der Waals surface area contributed by atoms with Crippen LogP contribution >= 0.6 is 0 Å². The van der Waals surface area contributed by atoms with Gasteiger partial charge < -0.3 is 10.0 Å². The molecule has 0 spiro atoms. The van der Waals surface area contributed by atoms with E-state index in [2.05, 4.69) is 5.10 Å². The molecule has 0 saturated heterocycles. The predicted molar refractivity (Wildman–Crippen MR) is 73.5 cm³/mol. The largest absolute Gasteiger partial charge is 0.480 e. The molecule has 0 aliphatic heterocycles. The van der Waals surface area contributed by atoms with Crippen LogP contribution in [0.4, 0.5) is 0 Å². The van der Waals surface area contributed by atoms with E-state index in [1.807, 2.05) is 6.92 Å². The van der Waals surface area contributed by atoms with Gasteiger partial charge in [-0.1, -0.05) is 19.8 Å². The molecule has 1 aromatic heterocycles. The van der Waals surface area contributed by atoms with E-state index in [4.69, 9.17) is 5.11 Å². The summed E-state index contributed by atoms with van der Waals surface area (Å²) >= 11 is 0. The van der Waals surface area contributed by atoms with Crippen molar-refractivity contribution in [3.8, 4) is 0 Å². The van der Waals surface area contributed by atoms with Gasteiger partial charge in [-0.2, -0.15) is 5.10 Å². The van der Waals surface area contributed by atoms with Crippen LogP contribution in [0.2, 0.25) is 0 Å². The molecule has 2 rings (SSSR count). The van der Waals surface area contributed by atoms with E-state index in [-0.39, 0.29) is 18.5 Å². The topological polar surface area (TPSA) is 75.4 Å². The van der Waals surface area contributed by atoms with E-state index in [1.54, 1.807) is 17.9 Å². The van der Waals surface area contributed by atoms with Gasteiger partial charge in [0.1, 0.15) is 6.54 Å². The van der Waals surface area contributed by atoms with Gasteiger partial charge in [0.2, 0.25) is 0 Å². The van der Waals surface area contributed by atoms with Crippen molar-refractivity contribution in [2.45, 2.75) is 45.1 Å². The summed E-state index contributed by atoms with van der Waals surface area (Å²) in [6.45, 7) is 1.71. The first kappa shape index (κ1) is 14.6. The van der Waals surface area contributed by atoms with E-state index >= 15 is 0 Å². The highest BCUT2D eigenvalue weighted by atomic mass is 16.4. The molecule has 1 saturated carbocycles. The molecule has 0 radical (unpaired) electrons. The third-order valence-corrected chi connectivity index (χ3v) is 3.80. The van der Waals surface area contributed by atoms with Crippen molar-refractivity contribution >= 4 is 11.9 Å². The van der Waals surface area contributed by atoms with Crippen LogP contribution in [-0.2, 0) is 18.3 Å². The lowest BCUT2D eigenvalue weighted by molar-refractivity contribution is -0.138. The number of aromatic nitrogens is 2. The molecular formula is C14H21N3O3. The van der Waals surface area contributed by atoms with Crippen LogP contribution in [0.3, 0.4) is 0 Å². The molecule has 1 N–H and O–H groups in total. The van der Waals surface area contributed by atoms with Gasteiger partial charge >= 0.3 is 5.97 Å². The van der Waals surface area contributed by atoms with Crippen LogP contribution in [0.5, 0.6) is 0 Å². The molecule has 1 fully saturated rings. The van der Waals surface area contributed by atoms with Crippen LogP contribution in [0, 0.1) is 0 Å². The smallest absolute Gasteiger partial charge is 0.323 e. The Kier molecular flexibility index (Phi) is 4.42. The lowest BCUT2D eigenvalue weighted by Gasteiger charge is -2.27. The molecule has 20 heavy (non-hydrogen) atoms. The Labute approximate surface area is 118 Å². The maximum absolute atomic E-state index is 12.7. The average molecular weight is 279 g/mol. The van der Waals surface area contributed by atoms with Crippen LogP contribution in [-0.4, -0.2) is 44.3 Å². The number of hydrogen-bond acceptors (Lipinski definition) is 3. The van der Waals surface area contributed by atoms with Crippen molar-refractivity contribution in [1.29, 1.82) is 0 Å². The summed E-state index contributed by atoms with van der Waals surface area (Å²) in [7, 11) is 1.77. The Balaban J connectivity index is 2.26. The number of hydrogen-bond donors (Lipinski definition) is 1. The van der Waals surface area contributed by atoms with Crippen molar-refractivity contribution in [1.82, 2.24) is 14.7 Å². The molecule has 1 aromatic rings. The number of carbonyl (C=O) groups is 2. The molecule has 6 nitrogen and oxygen atoms in total. The van der Waals surface area contributed by atoms with Gasteiger partial charge in [-0.05, 0) is 19.3 Å². The van der Waals surface area contributed by atoms with Crippen LogP contribution in [0.15, 0.2) is 6.20 Å². The Morgan fingerprint density at radius 2 is 2.10 bits per heavy atom. The third-order valence-electron chi connectivity index (χ3n) is 3.80. The number of aliphatic carboxylic acids is 1. The monoisotopic (exact) mass is 279 g/mol. The minimum absolute atomic E-state index is 0.0449. The zero-order chi connectivity index (χ0) is 14.7. The lowest BCUT2D eigenvalue weighted by atomic mass is 10.1. The molecule has 0 aromatic carbocycles. The number of amides is 1. The first-order valence-corrected chi connectivity index (χ1v) is 7.08. The zero-order valence-electron chi connectivity index (χ0n) is 12.0. The molecule has 1 amide bonds. The first-order chi connectivity index (χ1) is 9.52. The van der Waals surface area contributed by atoms with Crippen molar-refractivity contribution in [2.24, 2.45) is 7.05 Å². The number of nitrogens with zero attached hydrogens (tertiary/aromatic N) is 3. The lowest BCUT2D eigenvalue weighted by Crippen LogP contribution is -2.42. The molecule has 6 heteroatoms. The van der Waals surface area contributed by atoms with E-state index in [0.29, 0.717) is 12.0 Å². The van der Waals surface area contributed by atoms with Crippen molar-refractivity contribution in [3.63, 3.8) is 0 Å². The quantitative estimate of drug-likeness (QED) is 0.885. The Morgan fingerprint density at radius 3 is 2.65 bits per heavy atom. The van der Waals surface area contributed by atoms with E-state index < -0.39 is 5.97 Å². The van der Waals surface area contributed by atoms with E-state index in [1.165, 1.54) is 4.90 Å². The normalized spacial score (nSPS) is 15.5. The third kappa shape index (κ3) is 3.00. The summed E-state index contributed by atoms with van der Waals surface area (Å²) < 4.78 is 1.61. The van der Waals surface area contributed by atoms with Gasteiger partial charge in [0.15, 0.2) is 0 Å². The molecule has 0 atom stereocenters. The SMILES string of the molecule is CCc1nn(C)cc1C(=O)N(CC(=O)O)C1CCCC1. The van der Waals surface area contributed by atoms with Gasteiger partial charge in [-0.3, -0.25) is 14.3 Å². The Morgan fingerprint density at radius 1 is 1.45 bits per heavy atom. The van der Waals surface area contributed by atoms with Crippen molar-refractivity contribution in [3.05, 3.63) is 17.5 Å². The van der Waals surface area contributed by atoms with Gasteiger partial charge in [0, 0.05) is 19.3 Å². The van der Waals surface area contributed by atoms with E-state index in [9.17, 15) is 9.59 Å². The molecule has 1 aliphatic carbocycles. The second-order valence-electron chi connectivity index (χ2n) is 5.28. The van der Waals surface area contributed by atoms with Crippen LogP contribution < -0.4 is 0 Å². The highest BCUT2D eigenvalue weighted by molar-refractivity contribution is 5.96. The fourth-order valence-electron chi connectivity index (χ4n) is 2.86. The standard InChI is InChI=1S/C14H21N3O3/c1-3-12-11(8-16(2)15-12)14(20)17(9-13(18)19)10-6-4-5-7-10/h8,10H,3-7,9H2,1-2H3,(H,18,19). The van der Waals surface area contributed by atoms with Gasteiger partial charge in [-0.15, -0.1) is 0 Å². The Hall–Kier alpha value is -1.85. The maximum Gasteiger partial charge on any atom is 0.323 e. The number of carboxylic acids is 1. The second kappa shape index (κ2) is 6.07. The minimum Gasteiger partial charge on any atom is -0.480 e. The fourth-order valence-corrected chi connectivity index (χ4v) is 2.86.